The van der Waals surface area contributed by atoms with Crippen LogP contribution in [-0.2, 0) is 4.79 Å². The highest BCUT2D eigenvalue weighted by Gasteiger charge is 2.17. The van der Waals surface area contributed by atoms with E-state index in [0.29, 0.717) is 13.0 Å². The van der Waals surface area contributed by atoms with E-state index >= 15 is 0 Å². The van der Waals surface area contributed by atoms with Crippen molar-refractivity contribution in [3.8, 4) is 5.75 Å². The van der Waals surface area contributed by atoms with Gasteiger partial charge in [0, 0.05) is 30.2 Å². The topological polar surface area (TPSA) is 40.5 Å². The van der Waals surface area contributed by atoms with Crippen LogP contribution in [0, 0.1) is 0 Å². The van der Waals surface area contributed by atoms with Gasteiger partial charge in [-0.05, 0) is 41.8 Å². The van der Waals surface area contributed by atoms with Crippen LogP contribution in [0.3, 0.4) is 0 Å². The smallest absolute Gasteiger partial charge is 0.223 e. The van der Waals surface area contributed by atoms with Crippen LogP contribution in [0.2, 0.25) is 5.02 Å². The summed E-state index contributed by atoms with van der Waals surface area (Å²) >= 11 is 7.75. The third-order valence-electron chi connectivity index (χ3n) is 4.21. The van der Waals surface area contributed by atoms with Gasteiger partial charge in [-0.25, -0.2) is 0 Å². The zero-order valence-corrected chi connectivity index (χ0v) is 15.4. The molecule has 0 bridgehead atoms. The predicted molar refractivity (Wildman–Crippen MR) is 104 cm³/mol. The van der Waals surface area contributed by atoms with E-state index in [0.717, 1.165) is 34.2 Å². The quantitative estimate of drug-likeness (QED) is 0.762. The molecule has 0 aromatic heterocycles. The zero-order chi connectivity index (χ0) is 17.6. The van der Waals surface area contributed by atoms with Crippen molar-refractivity contribution >= 4 is 34.8 Å². The number of amides is 1. The first-order chi connectivity index (χ1) is 12.1. The number of thioether (sulfide) groups is 1. The Bertz CT molecular complexity index is 774. The minimum Gasteiger partial charge on any atom is -0.508 e. The first-order valence-corrected chi connectivity index (χ1v) is 9.63. The maximum Gasteiger partial charge on any atom is 0.223 e. The largest absolute Gasteiger partial charge is 0.508 e. The molecule has 3 rings (SSSR count). The highest BCUT2D eigenvalue weighted by Crippen LogP contribution is 2.28. The number of benzene rings is 2. The number of halogens is 1. The summed E-state index contributed by atoms with van der Waals surface area (Å²) in [6.45, 7) is 1.38. The molecule has 5 heteroatoms. The Morgan fingerprint density at radius 3 is 2.60 bits per heavy atom. The van der Waals surface area contributed by atoms with Crippen LogP contribution in [-0.4, -0.2) is 34.8 Å². The van der Waals surface area contributed by atoms with Gasteiger partial charge in [-0.15, -0.1) is 11.8 Å². The Hall–Kier alpha value is -1.91. The molecule has 130 valence electrons. The van der Waals surface area contributed by atoms with Crippen LogP contribution < -0.4 is 0 Å². The van der Waals surface area contributed by atoms with E-state index in [2.05, 4.69) is 6.08 Å². The summed E-state index contributed by atoms with van der Waals surface area (Å²) in [6, 6.07) is 14.9. The Morgan fingerprint density at radius 1 is 1.16 bits per heavy atom. The molecule has 0 fully saturated rings. The number of phenolic OH excluding ortho intramolecular Hbond substituents is 1. The van der Waals surface area contributed by atoms with Crippen molar-refractivity contribution in [1.29, 1.82) is 0 Å². The van der Waals surface area contributed by atoms with Crippen molar-refractivity contribution in [2.45, 2.75) is 17.7 Å². The Labute approximate surface area is 157 Å². The van der Waals surface area contributed by atoms with E-state index in [9.17, 15) is 9.90 Å². The van der Waals surface area contributed by atoms with Crippen LogP contribution >= 0.6 is 23.4 Å². The van der Waals surface area contributed by atoms with E-state index in [1.165, 1.54) is 5.57 Å². The fraction of sp³-hybridized carbons (Fsp3) is 0.250. The maximum atomic E-state index is 12.4. The standard InChI is InChI=1S/C20H20ClNO2S/c21-18-3-1-2-4-19(18)25-14-11-20(24)22-12-9-16(10-13-22)15-5-7-17(23)8-6-15/h1-9,23H,10-14H2. The van der Waals surface area contributed by atoms with Gasteiger partial charge in [-0.2, -0.15) is 0 Å². The molecule has 0 aliphatic carbocycles. The highest BCUT2D eigenvalue weighted by molar-refractivity contribution is 7.99. The molecule has 0 atom stereocenters. The van der Waals surface area contributed by atoms with Crippen LogP contribution in [0.1, 0.15) is 18.4 Å². The number of nitrogens with zero attached hydrogens (tertiary/aromatic N) is 1. The number of rotatable bonds is 5. The summed E-state index contributed by atoms with van der Waals surface area (Å²) in [5.41, 5.74) is 2.34. The van der Waals surface area contributed by atoms with Crippen LogP contribution in [0.15, 0.2) is 59.5 Å². The molecule has 0 spiro atoms. The third-order valence-corrected chi connectivity index (χ3v) is 5.73. The predicted octanol–water partition coefficient (Wildman–Crippen LogP) is 4.84. The average Bonchev–Trinajstić information content (AvgIpc) is 2.64. The summed E-state index contributed by atoms with van der Waals surface area (Å²) in [5.74, 6) is 1.18. The molecule has 1 heterocycles. The Morgan fingerprint density at radius 2 is 1.92 bits per heavy atom. The summed E-state index contributed by atoms with van der Waals surface area (Å²) in [7, 11) is 0. The monoisotopic (exact) mass is 373 g/mol. The molecule has 2 aromatic carbocycles. The van der Waals surface area contributed by atoms with Crippen LogP contribution in [0.5, 0.6) is 5.75 Å². The third kappa shape index (κ3) is 4.80. The van der Waals surface area contributed by atoms with Gasteiger partial charge >= 0.3 is 0 Å². The van der Waals surface area contributed by atoms with E-state index in [-0.39, 0.29) is 11.7 Å². The zero-order valence-electron chi connectivity index (χ0n) is 13.8. The van der Waals surface area contributed by atoms with Crippen molar-refractivity contribution in [3.63, 3.8) is 0 Å². The van der Waals surface area contributed by atoms with Crippen molar-refractivity contribution in [2.75, 3.05) is 18.8 Å². The summed E-state index contributed by atoms with van der Waals surface area (Å²) in [4.78, 5) is 15.3. The molecule has 2 aromatic rings. The number of aromatic hydroxyl groups is 1. The summed E-state index contributed by atoms with van der Waals surface area (Å²) < 4.78 is 0. The lowest BCUT2D eigenvalue weighted by Gasteiger charge is -2.26. The van der Waals surface area contributed by atoms with Gasteiger partial charge in [0.1, 0.15) is 5.75 Å². The summed E-state index contributed by atoms with van der Waals surface area (Å²) in [6.07, 6.45) is 3.46. The lowest BCUT2D eigenvalue weighted by atomic mass is 9.99. The fourth-order valence-corrected chi connectivity index (χ4v) is 3.98. The molecule has 1 aliphatic rings. The number of hydrogen-bond donors (Lipinski definition) is 1. The molecule has 1 amide bonds. The SMILES string of the molecule is O=C(CCSc1ccccc1Cl)N1CC=C(c2ccc(O)cc2)CC1. The van der Waals surface area contributed by atoms with E-state index < -0.39 is 0 Å². The maximum absolute atomic E-state index is 12.4. The first kappa shape index (κ1) is 17.9. The van der Waals surface area contributed by atoms with Gasteiger partial charge in [0.05, 0.1) is 5.02 Å². The van der Waals surface area contributed by atoms with Crippen molar-refractivity contribution < 1.29 is 9.90 Å². The molecular formula is C20H20ClNO2S. The Kier molecular flexibility index (Phi) is 6.05. The number of carbonyl (C=O) groups excluding carboxylic acids is 1. The van der Waals surface area contributed by atoms with Gasteiger partial charge in [0.25, 0.3) is 0 Å². The molecule has 3 nitrogen and oxygen atoms in total. The van der Waals surface area contributed by atoms with Gasteiger partial charge in [-0.1, -0.05) is 41.9 Å². The van der Waals surface area contributed by atoms with Crippen molar-refractivity contribution in [1.82, 2.24) is 4.90 Å². The van der Waals surface area contributed by atoms with Gasteiger partial charge < -0.3 is 10.0 Å². The molecule has 1 N–H and O–H groups in total. The van der Waals surface area contributed by atoms with Gasteiger partial charge in [0.2, 0.25) is 5.91 Å². The second kappa shape index (κ2) is 8.45. The fourth-order valence-electron chi connectivity index (χ4n) is 2.80. The minimum absolute atomic E-state index is 0.181. The molecule has 0 saturated heterocycles. The molecule has 0 radical (unpaired) electrons. The second-order valence-corrected chi connectivity index (χ2v) is 7.44. The molecular weight excluding hydrogens is 354 g/mol. The molecule has 0 unspecified atom stereocenters. The van der Waals surface area contributed by atoms with Gasteiger partial charge in [0.15, 0.2) is 0 Å². The number of hydrogen-bond acceptors (Lipinski definition) is 3. The van der Waals surface area contributed by atoms with Crippen molar-refractivity contribution in [3.05, 3.63) is 65.2 Å². The average molecular weight is 374 g/mol. The van der Waals surface area contributed by atoms with E-state index in [4.69, 9.17) is 11.6 Å². The Balaban J connectivity index is 1.49. The lowest BCUT2D eigenvalue weighted by molar-refractivity contribution is -0.130. The van der Waals surface area contributed by atoms with Crippen LogP contribution in [0.25, 0.3) is 5.57 Å². The van der Waals surface area contributed by atoms with Crippen molar-refractivity contribution in [2.24, 2.45) is 0 Å². The van der Waals surface area contributed by atoms with Crippen LogP contribution in [0.4, 0.5) is 0 Å². The normalized spacial score (nSPS) is 14.3. The molecule has 0 saturated carbocycles. The summed E-state index contributed by atoms with van der Waals surface area (Å²) in [5, 5.41) is 10.1. The molecule has 25 heavy (non-hydrogen) atoms. The second-order valence-electron chi connectivity index (χ2n) is 5.89. The lowest BCUT2D eigenvalue weighted by Crippen LogP contribution is -2.34. The van der Waals surface area contributed by atoms with Gasteiger partial charge in [-0.3, -0.25) is 4.79 Å². The van der Waals surface area contributed by atoms with E-state index in [1.807, 2.05) is 41.3 Å². The van der Waals surface area contributed by atoms with E-state index in [1.54, 1.807) is 23.9 Å². The highest BCUT2D eigenvalue weighted by atomic mass is 35.5. The molecule has 1 aliphatic heterocycles. The number of carbonyl (C=O) groups is 1. The minimum atomic E-state index is 0.181. The number of phenols is 1. The first-order valence-electron chi connectivity index (χ1n) is 8.27.